The van der Waals surface area contributed by atoms with Gasteiger partial charge in [-0.3, -0.25) is 4.98 Å². The first-order valence-corrected chi connectivity index (χ1v) is 11.6. The van der Waals surface area contributed by atoms with Gasteiger partial charge in [0.05, 0.1) is 5.82 Å². The first-order chi connectivity index (χ1) is 17.1. The van der Waals surface area contributed by atoms with E-state index in [-0.39, 0.29) is 20.1 Å². The topological polar surface area (TPSA) is 48.5 Å². The Morgan fingerprint density at radius 1 is 0.778 bits per heavy atom. The maximum atomic E-state index is 4.83. The second-order valence-corrected chi connectivity index (χ2v) is 8.80. The fraction of sp³-hybridized carbons (Fsp3) is 0.100. The zero-order chi connectivity index (χ0) is 23.9. The Labute approximate surface area is 223 Å². The Hall–Kier alpha value is -3.86. The molecule has 0 spiro atoms. The fourth-order valence-corrected chi connectivity index (χ4v) is 4.89. The van der Waals surface area contributed by atoms with Crippen molar-refractivity contribution >= 4 is 11.0 Å². The SMILES string of the molecule is Cc1cc(-c2ccccc2)cc(C)c1-n1cnnc1-c1[c-]cc2c(c1)nc(C)n2-c1ccccc1.[Ir]. The van der Waals surface area contributed by atoms with Gasteiger partial charge in [-0.05, 0) is 72.8 Å². The van der Waals surface area contributed by atoms with Crippen molar-refractivity contribution in [3.8, 4) is 33.9 Å². The van der Waals surface area contributed by atoms with Crippen molar-refractivity contribution in [1.82, 2.24) is 24.3 Å². The molecule has 0 atom stereocenters. The number of aryl methyl sites for hydroxylation is 3. The molecule has 6 heteroatoms. The Morgan fingerprint density at radius 2 is 1.44 bits per heavy atom. The van der Waals surface area contributed by atoms with Gasteiger partial charge in [-0.2, -0.15) is 5.10 Å². The molecule has 179 valence electrons. The van der Waals surface area contributed by atoms with E-state index in [2.05, 4.69) is 87.8 Å². The molecule has 0 aliphatic carbocycles. The number of aromatic nitrogens is 5. The molecular formula is C30H24IrN5-. The molecule has 0 aliphatic heterocycles. The standard InChI is InChI=1S/C30H24N5.Ir/c1-20-16-25(23-10-6-4-7-11-23)17-21(2)29(20)34-19-31-33-30(34)24-14-15-28-27(18-24)32-22(3)35(28)26-12-8-5-9-13-26;/h4-13,15-19H,1-3H3;/q-1;. The summed E-state index contributed by atoms with van der Waals surface area (Å²) < 4.78 is 4.20. The van der Waals surface area contributed by atoms with Crippen LogP contribution in [0.4, 0.5) is 0 Å². The summed E-state index contributed by atoms with van der Waals surface area (Å²) in [5.74, 6) is 1.68. The van der Waals surface area contributed by atoms with E-state index in [1.165, 1.54) is 11.1 Å². The fourth-order valence-electron chi connectivity index (χ4n) is 4.89. The van der Waals surface area contributed by atoms with Gasteiger partial charge in [0, 0.05) is 37.0 Å². The monoisotopic (exact) mass is 647 g/mol. The molecule has 6 aromatic rings. The predicted octanol–water partition coefficient (Wildman–Crippen LogP) is 6.66. The van der Waals surface area contributed by atoms with Gasteiger partial charge in [0.1, 0.15) is 12.2 Å². The summed E-state index contributed by atoms with van der Waals surface area (Å²) in [4.78, 5) is 4.83. The van der Waals surface area contributed by atoms with E-state index in [0.29, 0.717) is 0 Å². The van der Waals surface area contributed by atoms with Crippen LogP contribution in [0.15, 0.2) is 91.3 Å². The van der Waals surface area contributed by atoms with Gasteiger partial charge in [-0.15, -0.1) is 28.9 Å². The summed E-state index contributed by atoms with van der Waals surface area (Å²) in [7, 11) is 0. The van der Waals surface area contributed by atoms with Crippen molar-refractivity contribution in [2.75, 3.05) is 0 Å². The number of fused-ring (bicyclic) bond motifs is 1. The molecule has 6 rings (SSSR count). The minimum absolute atomic E-state index is 0. The van der Waals surface area contributed by atoms with E-state index in [1.54, 1.807) is 6.33 Å². The quantitative estimate of drug-likeness (QED) is 0.201. The van der Waals surface area contributed by atoms with Crippen LogP contribution < -0.4 is 0 Å². The van der Waals surface area contributed by atoms with Crippen LogP contribution in [-0.4, -0.2) is 24.3 Å². The molecule has 0 saturated heterocycles. The Balaban J connectivity index is 0.00000267. The van der Waals surface area contributed by atoms with Crippen LogP contribution in [0.2, 0.25) is 0 Å². The number of hydrogen-bond donors (Lipinski definition) is 0. The van der Waals surface area contributed by atoms with Crippen molar-refractivity contribution in [3.05, 3.63) is 114 Å². The zero-order valence-corrected chi connectivity index (χ0v) is 22.6. The Morgan fingerprint density at radius 3 is 2.14 bits per heavy atom. The van der Waals surface area contributed by atoms with Crippen molar-refractivity contribution in [2.24, 2.45) is 0 Å². The van der Waals surface area contributed by atoms with Crippen LogP contribution in [0.3, 0.4) is 0 Å². The minimum atomic E-state index is 0. The summed E-state index contributed by atoms with van der Waals surface area (Å²) in [5, 5.41) is 8.72. The van der Waals surface area contributed by atoms with Crippen LogP contribution >= 0.6 is 0 Å². The van der Waals surface area contributed by atoms with Crippen LogP contribution in [0, 0.1) is 26.8 Å². The van der Waals surface area contributed by atoms with Gasteiger partial charge in [-0.25, -0.2) is 0 Å². The van der Waals surface area contributed by atoms with Crippen LogP contribution in [0.1, 0.15) is 17.0 Å². The molecular weight excluding hydrogens is 623 g/mol. The summed E-state index contributed by atoms with van der Waals surface area (Å²) in [5.41, 5.74) is 9.69. The van der Waals surface area contributed by atoms with E-state index < -0.39 is 0 Å². The Bertz CT molecular complexity index is 1640. The predicted molar refractivity (Wildman–Crippen MR) is 140 cm³/mol. The largest absolute Gasteiger partial charge is 0.338 e. The summed E-state index contributed by atoms with van der Waals surface area (Å²) >= 11 is 0. The first kappa shape index (κ1) is 23.9. The third kappa shape index (κ3) is 4.09. The number of imidazole rings is 1. The van der Waals surface area contributed by atoms with E-state index in [4.69, 9.17) is 4.98 Å². The van der Waals surface area contributed by atoms with Gasteiger partial charge < -0.3 is 9.13 Å². The smallest absolute Gasteiger partial charge is 0.114 e. The van der Waals surface area contributed by atoms with Gasteiger partial charge in [0.2, 0.25) is 0 Å². The number of rotatable bonds is 4. The van der Waals surface area contributed by atoms with E-state index in [9.17, 15) is 0 Å². The molecule has 1 radical (unpaired) electrons. The number of hydrogen-bond acceptors (Lipinski definition) is 3. The maximum absolute atomic E-state index is 4.83. The summed E-state index contributed by atoms with van der Waals surface area (Å²) in [6.45, 7) is 6.29. The summed E-state index contributed by atoms with van der Waals surface area (Å²) in [6, 6.07) is 32.6. The molecule has 0 fully saturated rings. The summed E-state index contributed by atoms with van der Waals surface area (Å²) in [6.07, 6.45) is 1.78. The average Bonchev–Trinajstić information content (AvgIpc) is 3.48. The number of nitrogens with zero attached hydrogens (tertiary/aromatic N) is 5. The molecule has 0 N–H and O–H groups in total. The molecule has 2 aromatic heterocycles. The van der Waals surface area contributed by atoms with Crippen molar-refractivity contribution in [2.45, 2.75) is 20.8 Å². The van der Waals surface area contributed by atoms with Crippen LogP contribution in [-0.2, 0) is 20.1 Å². The van der Waals surface area contributed by atoms with Gasteiger partial charge in [0.15, 0.2) is 0 Å². The van der Waals surface area contributed by atoms with Crippen molar-refractivity contribution < 1.29 is 20.1 Å². The molecule has 0 aliphatic rings. The Kier molecular flexibility index (Phi) is 6.40. The van der Waals surface area contributed by atoms with Gasteiger partial charge in [-0.1, -0.05) is 48.5 Å². The molecule has 5 nitrogen and oxygen atoms in total. The first-order valence-electron chi connectivity index (χ1n) is 11.6. The molecule has 0 bridgehead atoms. The third-order valence-corrected chi connectivity index (χ3v) is 6.40. The van der Waals surface area contributed by atoms with Crippen LogP contribution in [0.25, 0.3) is 44.9 Å². The van der Waals surface area contributed by atoms with E-state index in [1.807, 2.05) is 43.3 Å². The molecule has 0 amide bonds. The zero-order valence-electron chi connectivity index (χ0n) is 20.2. The van der Waals surface area contributed by atoms with E-state index >= 15 is 0 Å². The minimum Gasteiger partial charge on any atom is -0.338 e. The van der Waals surface area contributed by atoms with Gasteiger partial charge >= 0.3 is 0 Å². The molecule has 2 heterocycles. The van der Waals surface area contributed by atoms with Crippen molar-refractivity contribution in [3.63, 3.8) is 0 Å². The normalized spacial score (nSPS) is 11.0. The molecule has 4 aromatic carbocycles. The van der Waals surface area contributed by atoms with Gasteiger partial charge in [0.25, 0.3) is 0 Å². The van der Waals surface area contributed by atoms with E-state index in [0.717, 1.165) is 50.7 Å². The molecule has 0 saturated carbocycles. The third-order valence-electron chi connectivity index (χ3n) is 6.40. The molecule has 0 unspecified atom stereocenters. The number of benzene rings is 4. The van der Waals surface area contributed by atoms with Crippen molar-refractivity contribution in [1.29, 1.82) is 0 Å². The number of para-hydroxylation sites is 1. The second kappa shape index (κ2) is 9.65. The van der Waals surface area contributed by atoms with Crippen LogP contribution in [0.5, 0.6) is 0 Å². The molecule has 36 heavy (non-hydrogen) atoms. The maximum Gasteiger partial charge on any atom is 0.114 e. The average molecular weight is 647 g/mol. The second-order valence-electron chi connectivity index (χ2n) is 8.80.